The molecule has 3 N–H and O–H groups in total. The smallest absolute Gasteiger partial charge is 0.444 e. The topological polar surface area (TPSA) is 118 Å². The fourth-order valence-corrected chi connectivity index (χ4v) is 2.19. The standard InChI is InChI=1S/C21H29F3N6O4/c1-13(8-9-15(3)33-21(22,23)24)27-18(31)29-17-26-14(2)12-16(28-17)25-10-11-30(7)19(32)34-20(4,5)6/h8-9,12H,1,3,10-11H2,2,4-7H3,(H3,25,26,27,28,29,31)/b9-8-. The third-order valence-corrected chi connectivity index (χ3v) is 3.53. The SMILES string of the molecule is C=C(/C=C\C(=C)OC(F)(F)F)NC(=O)Nc1nc(C)cc(NCCN(C)C(=O)OC(C)(C)C)n1. The molecule has 0 fully saturated rings. The van der Waals surface area contributed by atoms with Gasteiger partial charge in [-0.25, -0.2) is 14.6 Å². The normalized spacial score (nSPS) is 11.5. The maximum Gasteiger partial charge on any atom is 0.573 e. The van der Waals surface area contributed by atoms with E-state index < -0.39 is 29.8 Å². The number of rotatable bonds is 9. The molecule has 34 heavy (non-hydrogen) atoms. The van der Waals surface area contributed by atoms with Gasteiger partial charge >= 0.3 is 18.5 Å². The number of halogens is 3. The molecule has 1 aromatic rings. The van der Waals surface area contributed by atoms with Crippen molar-refractivity contribution in [1.82, 2.24) is 20.2 Å². The summed E-state index contributed by atoms with van der Waals surface area (Å²) in [6.07, 6.45) is -3.35. The van der Waals surface area contributed by atoms with Crippen LogP contribution < -0.4 is 16.0 Å². The molecule has 0 aliphatic rings. The lowest BCUT2D eigenvalue weighted by Crippen LogP contribution is -2.36. The Hall–Kier alpha value is -3.77. The van der Waals surface area contributed by atoms with E-state index in [1.807, 2.05) is 0 Å². The highest BCUT2D eigenvalue weighted by molar-refractivity contribution is 5.89. The number of anilines is 2. The lowest BCUT2D eigenvalue weighted by Gasteiger charge is -2.24. The van der Waals surface area contributed by atoms with Crippen molar-refractivity contribution in [2.24, 2.45) is 0 Å². The van der Waals surface area contributed by atoms with Gasteiger partial charge in [0.1, 0.15) is 17.2 Å². The number of nitrogens with one attached hydrogen (secondary N) is 3. The van der Waals surface area contributed by atoms with Crippen LogP contribution in [0.5, 0.6) is 0 Å². The van der Waals surface area contributed by atoms with Gasteiger partial charge in [0, 0.05) is 37.6 Å². The van der Waals surface area contributed by atoms with E-state index in [0.29, 0.717) is 24.6 Å². The van der Waals surface area contributed by atoms with Gasteiger partial charge in [-0.3, -0.25) is 5.32 Å². The minimum Gasteiger partial charge on any atom is -0.444 e. The second-order valence-corrected chi connectivity index (χ2v) is 8.00. The average Bonchev–Trinajstić information content (AvgIpc) is 2.63. The van der Waals surface area contributed by atoms with Crippen molar-refractivity contribution < 1.29 is 32.2 Å². The molecular formula is C21H29F3N6O4. The van der Waals surface area contributed by atoms with Crippen molar-refractivity contribution in [3.63, 3.8) is 0 Å². The summed E-state index contributed by atoms with van der Waals surface area (Å²) in [7, 11) is 1.60. The van der Waals surface area contributed by atoms with E-state index in [4.69, 9.17) is 4.74 Å². The molecule has 0 aliphatic heterocycles. The van der Waals surface area contributed by atoms with E-state index in [1.54, 1.807) is 40.8 Å². The number of urea groups is 1. The predicted molar refractivity (Wildman–Crippen MR) is 121 cm³/mol. The van der Waals surface area contributed by atoms with Gasteiger partial charge in [0.15, 0.2) is 0 Å². The molecule has 0 unspecified atom stereocenters. The lowest BCUT2D eigenvalue weighted by molar-refractivity contribution is -0.303. The molecule has 0 saturated heterocycles. The van der Waals surface area contributed by atoms with Gasteiger partial charge in [-0.15, -0.1) is 13.2 Å². The summed E-state index contributed by atoms with van der Waals surface area (Å²) in [5.74, 6) is -0.298. The molecule has 1 rings (SSSR count). The van der Waals surface area contributed by atoms with Crippen molar-refractivity contribution in [3.8, 4) is 0 Å². The number of ether oxygens (including phenoxy) is 2. The number of carbonyl (C=O) groups is 2. The van der Waals surface area contributed by atoms with Crippen LogP contribution in [0.2, 0.25) is 0 Å². The number of aryl methyl sites for hydroxylation is 1. The van der Waals surface area contributed by atoms with Crippen LogP contribution in [-0.4, -0.2) is 59.1 Å². The van der Waals surface area contributed by atoms with Crippen LogP contribution in [0.4, 0.5) is 34.5 Å². The summed E-state index contributed by atoms with van der Waals surface area (Å²) in [5.41, 5.74) is -0.0801. The Morgan fingerprint density at radius 2 is 1.79 bits per heavy atom. The first-order chi connectivity index (χ1) is 15.5. The van der Waals surface area contributed by atoms with Crippen LogP contribution in [0.25, 0.3) is 0 Å². The van der Waals surface area contributed by atoms with E-state index in [9.17, 15) is 22.8 Å². The maximum absolute atomic E-state index is 12.1. The molecule has 1 heterocycles. The number of aromatic nitrogens is 2. The number of nitrogens with zero attached hydrogens (tertiary/aromatic N) is 3. The molecule has 10 nitrogen and oxygen atoms in total. The molecule has 0 bridgehead atoms. The number of allylic oxidation sites excluding steroid dienone is 2. The first-order valence-corrected chi connectivity index (χ1v) is 9.97. The Kier molecular flexibility index (Phi) is 9.90. The first-order valence-electron chi connectivity index (χ1n) is 9.97. The molecule has 3 amide bonds. The second kappa shape index (κ2) is 11.9. The van der Waals surface area contributed by atoms with Gasteiger partial charge in [-0.05, 0) is 39.8 Å². The van der Waals surface area contributed by atoms with E-state index >= 15 is 0 Å². The summed E-state index contributed by atoms with van der Waals surface area (Å²) < 4.78 is 45.2. The fourth-order valence-electron chi connectivity index (χ4n) is 2.19. The maximum atomic E-state index is 12.1. The molecule has 0 aromatic carbocycles. The Bertz CT molecular complexity index is 941. The molecule has 0 radical (unpaired) electrons. The van der Waals surface area contributed by atoms with E-state index in [1.165, 1.54) is 4.90 Å². The Labute approximate surface area is 195 Å². The Morgan fingerprint density at radius 3 is 2.38 bits per heavy atom. The average molecular weight is 486 g/mol. The number of hydrogen-bond donors (Lipinski definition) is 3. The van der Waals surface area contributed by atoms with Gasteiger partial charge in [-0.2, -0.15) is 4.98 Å². The Morgan fingerprint density at radius 1 is 1.15 bits per heavy atom. The summed E-state index contributed by atoms with van der Waals surface area (Å²) in [6, 6.07) is 0.878. The monoisotopic (exact) mass is 486 g/mol. The minimum atomic E-state index is -4.87. The van der Waals surface area contributed by atoms with Crippen LogP contribution in [0.1, 0.15) is 26.5 Å². The molecule has 1 aromatic heterocycles. The molecule has 188 valence electrons. The third kappa shape index (κ3) is 12.3. The number of amides is 3. The van der Waals surface area contributed by atoms with Crippen LogP contribution in [-0.2, 0) is 9.47 Å². The van der Waals surface area contributed by atoms with E-state index in [0.717, 1.165) is 12.2 Å². The van der Waals surface area contributed by atoms with Gasteiger partial charge < -0.3 is 25.0 Å². The zero-order valence-corrected chi connectivity index (χ0v) is 19.7. The number of hydrogen-bond acceptors (Lipinski definition) is 7. The van der Waals surface area contributed by atoms with Crippen LogP contribution in [0.3, 0.4) is 0 Å². The van der Waals surface area contributed by atoms with Crippen molar-refractivity contribution in [2.75, 3.05) is 30.8 Å². The second-order valence-electron chi connectivity index (χ2n) is 8.00. The zero-order chi connectivity index (χ0) is 26.1. The highest BCUT2D eigenvalue weighted by atomic mass is 19.4. The molecule has 0 spiro atoms. The summed E-state index contributed by atoms with van der Waals surface area (Å²) in [5, 5.41) is 7.73. The molecular weight excluding hydrogens is 457 g/mol. The van der Waals surface area contributed by atoms with Crippen LogP contribution >= 0.6 is 0 Å². The van der Waals surface area contributed by atoms with Crippen molar-refractivity contribution in [1.29, 1.82) is 0 Å². The van der Waals surface area contributed by atoms with Crippen molar-refractivity contribution in [2.45, 2.75) is 39.7 Å². The van der Waals surface area contributed by atoms with Crippen molar-refractivity contribution >= 4 is 23.9 Å². The fraction of sp³-hybridized carbons (Fsp3) is 0.429. The van der Waals surface area contributed by atoms with Gasteiger partial charge in [-0.1, -0.05) is 13.2 Å². The third-order valence-electron chi connectivity index (χ3n) is 3.53. The Balaban J connectivity index is 2.60. The van der Waals surface area contributed by atoms with E-state index in [-0.39, 0.29) is 11.6 Å². The summed E-state index contributed by atoms with van der Waals surface area (Å²) >= 11 is 0. The van der Waals surface area contributed by atoms with Gasteiger partial charge in [0.25, 0.3) is 0 Å². The quantitative estimate of drug-likeness (QED) is 0.352. The largest absolute Gasteiger partial charge is 0.573 e. The molecule has 0 saturated carbocycles. The zero-order valence-electron chi connectivity index (χ0n) is 19.7. The van der Waals surface area contributed by atoms with Crippen LogP contribution in [0.15, 0.2) is 42.8 Å². The molecule has 0 aliphatic carbocycles. The highest BCUT2D eigenvalue weighted by Crippen LogP contribution is 2.20. The molecule has 0 atom stereocenters. The highest BCUT2D eigenvalue weighted by Gasteiger charge is 2.30. The van der Waals surface area contributed by atoms with Gasteiger partial charge in [0.2, 0.25) is 5.95 Å². The van der Waals surface area contributed by atoms with Crippen molar-refractivity contribution in [3.05, 3.63) is 48.5 Å². The lowest BCUT2D eigenvalue weighted by atomic mass is 10.2. The van der Waals surface area contributed by atoms with Gasteiger partial charge in [0.05, 0.1) is 0 Å². The predicted octanol–water partition coefficient (Wildman–Crippen LogP) is 4.31. The minimum absolute atomic E-state index is 0.0258. The number of likely N-dealkylation sites (N-methyl/N-ethyl adjacent to an activating group) is 1. The molecule has 13 heteroatoms. The van der Waals surface area contributed by atoms with E-state index in [2.05, 4.69) is 43.8 Å². The first kappa shape index (κ1) is 28.3. The number of alkyl halides is 3. The summed E-state index contributed by atoms with van der Waals surface area (Å²) in [4.78, 5) is 33.8. The summed E-state index contributed by atoms with van der Waals surface area (Å²) in [6.45, 7) is 14.3. The number of carbonyl (C=O) groups excluding carboxylic acids is 2. The van der Waals surface area contributed by atoms with Crippen LogP contribution in [0, 0.1) is 6.92 Å².